The van der Waals surface area contributed by atoms with Crippen molar-refractivity contribution in [2.75, 3.05) is 5.32 Å². The molecule has 0 aliphatic rings. The maximum absolute atomic E-state index is 5.97. The van der Waals surface area contributed by atoms with Gasteiger partial charge in [0.05, 0.1) is 6.04 Å². The van der Waals surface area contributed by atoms with Gasteiger partial charge in [-0.1, -0.05) is 59.1 Å². The Morgan fingerprint density at radius 2 is 1.85 bits per heavy atom. The predicted octanol–water partition coefficient (Wildman–Crippen LogP) is 6.36. The zero-order valence-corrected chi connectivity index (χ0v) is 14.1. The van der Waals surface area contributed by atoms with Gasteiger partial charge in [0, 0.05) is 15.2 Å². The Hall–Kier alpha value is -0.990. The summed E-state index contributed by atoms with van der Waals surface area (Å²) in [5.74, 6) is 0. The molecule has 0 heterocycles. The number of nitrogens with one attached hydrogen (secondary N) is 1. The molecule has 0 aliphatic carbocycles. The predicted molar refractivity (Wildman–Crippen MR) is 91.6 cm³/mol. The zero-order valence-electron chi connectivity index (χ0n) is 11.8. The van der Waals surface area contributed by atoms with E-state index in [4.69, 9.17) is 11.6 Å². The number of hydrogen-bond acceptors (Lipinski definition) is 1. The fraction of sp³-hybridized carbons (Fsp3) is 0.294. The first-order valence-corrected chi connectivity index (χ1v) is 8.05. The highest BCUT2D eigenvalue weighted by atomic mass is 79.9. The lowest BCUT2D eigenvalue weighted by atomic mass is 10.0. The molecule has 106 valence electrons. The number of rotatable bonds is 5. The van der Waals surface area contributed by atoms with Gasteiger partial charge in [0.15, 0.2) is 0 Å². The van der Waals surface area contributed by atoms with Crippen LogP contribution in [0.4, 0.5) is 5.69 Å². The molecule has 1 N–H and O–H groups in total. The van der Waals surface area contributed by atoms with Crippen LogP contribution in [0.3, 0.4) is 0 Å². The van der Waals surface area contributed by atoms with Gasteiger partial charge in [-0.3, -0.25) is 0 Å². The Balaban J connectivity index is 2.20. The fourth-order valence-electron chi connectivity index (χ4n) is 2.19. The van der Waals surface area contributed by atoms with Crippen LogP contribution in [0, 0.1) is 6.92 Å². The summed E-state index contributed by atoms with van der Waals surface area (Å²) in [6, 6.07) is 14.8. The van der Waals surface area contributed by atoms with Gasteiger partial charge in [-0.25, -0.2) is 0 Å². The van der Waals surface area contributed by atoms with Crippen LogP contribution >= 0.6 is 27.5 Å². The molecular formula is C17H19BrClN. The van der Waals surface area contributed by atoms with E-state index in [0.29, 0.717) is 6.04 Å². The van der Waals surface area contributed by atoms with E-state index in [-0.39, 0.29) is 0 Å². The summed E-state index contributed by atoms with van der Waals surface area (Å²) in [4.78, 5) is 0. The molecule has 0 spiro atoms. The second kappa shape index (κ2) is 7.14. The van der Waals surface area contributed by atoms with Gasteiger partial charge in [0.2, 0.25) is 0 Å². The Kier molecular flexibility index (Phi) is 5.50. The average molecular weight is 353 g/mol. The second-order valence-electron chi connectivity index (χ2n) is 5.00. The molecule has 1 atom stereocenters. The van der Waals surface area contributed by atoms with Crippen LogP contribution in [-0.4, -0.2) is 0 Å². The normalized spacial score (nSPS) is 12.2. The minimum Gasteiger partial charge on any atom is -0.378 e. The zero-order chi connectivity index (χ0) is 14.5. The molecule has 0 aliphatic heterocycles. The van der Waals surface area contributed by atoms with Crippen molar-refractivity contribution in [1.29, 1.82) is 0 Å². The molecule has 2 aromatic rings. The van der Waals surface area contributed by atoms with Crippen LogP contribution < -0.4 is 5.32 Å². The summed E-state index contributed by atoms with van der Waals surface area (Å²) < 4.78 is 1.13. The number of aryl methyl sites for hydroxylation is 1. The van der Waals surface area contributed by atoms with E-state index in [2.05, 4.69) is 65.4 Å². The smallest absolute Gasteiger partial charge is 0.0513 e. The van der Waals surface area contributed by atoms with E-state index in [1.807, 2.05) is 12.1 Å². The molecule has 1 unspecified atom stereocenters. The number of hydrogen-bond donors (Lipinski definition) is 1. The van der Waals surface area contributed by atoms with Crippen molar-refractivity contribution in [1.82, 2.24) is 0 Å². The molecule has 20 heavy (non-hydrogen) atoms. The fourth-order valence-corrected chi connectivity index (χ4v) is 2.69. The molecule has 3 heteroatoms. The van der Waals surface area contributed by atoms with E-state index < -0.39 is 0 Å². The van der Waals surface area contributed by atoms with Gasteiger partial charge in [0.25, 0.3) is 0 Å². The summed E-state index contributed by atoms with van der Waals surface area (Å²) in [5, 5.41) is 4.39. The van der Waals surface area contributed by atoms with Crippen LogP contribution in [0.25, 0.3) is 0 Å². The molecule has 0 amide bonds. The molecule has 0 saturated heterocycles. The minimum absolute atomic E-state index is 0.312. The van der Waals surface area contributed by atoms with E-state index in [9.17, 15) is 0 Å². The first-order valence-electron chi connectivity index (χ1n) is 6.88. The second-order valence-corrected chi connectivity index (χ2v) is 6.29. The van der Waals surface area contributed by atoms with E-state index in [0.717, 1.165) is 28.0 Å². The van der Waals surface area contributed by atoms with E-state index in [1.54, 1.807) is 0 Å². The van der Waals surface area contributed by atoms with Gasteiger partial charge >= 0.3 is 0 Å². The third kappa shape index (κ3) is 4.00. The van der Waals surface area contributed by atoms with Crippen molar-refractivity contribution in [3.8, 4) is 0 Å². The highest BCUT2D eigenvalue weighted by Gasteiger charge is 2.11. The average Bonchev–Trinajstić information content (AvgIpc) is 2.43. The molecule has 0 aromatic heterocycles. The molecule has 0 saturated carbocycles. The molecule has 0 radical (unpaired) electrons. The Bertz CT molecular complexity index is 566. The van der Waals surface area contributed by atoms with Crippen molar-refractivity contribution in [2.45, 2.75) is 32.7 Å². The number of anilines is 1. The van der Waals surface area contributed by atoms with Gasteiger partial charge < -0.3 is 5.32 Å². The molecule has 0 bridgehead atoms. The Morgan fingerprint density at radius 1 is 1.15 bits per heavy atom. The van der Waals surface area contributed by atoms with Gasteiger partial charge in [-0.15, -0.1) is 0 Å². The minimum atomic E-state index is 0.312. The molecular weight excluding hydrogens is 334 g/mol. The van der Waals surface area contributed by atoms with Crippen LogP contribution in [0.15, 0.2) is 46.9 Å². The van der Waals surface area contributed by atoms with Crippen LogP contribution in [-0.2, 0) is 0 Å². The lowest BCUT2D eigenvalue weighted by Gasteiger charge is -2.20. The number of halogens is 2. The standard InChI is InChI=1S/C17H19BrClN/c1-3-4-17(13-6-8-14(19)9-7-13)20-15-10-5-12(2)16(18)11-15/h5-11,17,20H,3-4H2,1-2H3. The molecule has 1 nitrogen and oxygen atoms in total. The van der Waals surface area contributed by atoms with E-state index in [1.165, 1.54) is 11.1 Å². The lowest BCUT2D eigenvalue weighted by Crippen LogP contribution is -2.10. The monoisotopic (exact) mass is 351 g/mol. The summed E-state index contributed by atoms with van der Waals surface area (Å²) in [6.45, 7) is 4.30. The summed E-state index contributed by atoms with van der Waals surface area (Å²) in [7, 11) is 0. The van der Waals surface area contributed by atoms with Crippen molar-refractivity contribution < 1.29 is 0 Å². The molecule has 2 aromatic carbocycles. The lowest BCUT2D eigenvalue weighted by molar-refractivity contribution is 0.677. The van der Waals surface area contributed by atoms with Crippen molar-refractivity contribution in [3.63, 3.8) is 0 Å². The van der Waals surface area contributed by atoms with Crippen LogP contribution in [0.1, 0.15) is 36.9 Å². The molecule has 0 fully saturated rings. The highest BCUT2D eigenvalue weighted by molar-refractivity contribution is 9.10. The van der Waals surface area contributed by atoms with Crippen molar-refractivity contribution in [3.05, 3.63) is 63.1 Å². The Morgan fingerprint density at radius 3 is 2.45 bits per heavy atom. The maximum atomic E-state index is 5.97. The summed E-state index contributed by atoms with van der Waals surface area (Å²) in [5.41, 5.74) is 3.65. The first-order chi connectivity index (χ1) is 9.60. The third-order valence-electron chi connectivity index (χ3n) is 3.36. The highest BCUT2D eigenvalue weighted by Crippen LogP contribution is 2.27. The van der Waals surface area contributed by atoms with Crippen molar-refractivity contribution >= 4 is 33.2 Å². The molecule has 2 rings (SSSR count). The van der Waals surface area contributed by atoms with Gasteiger partial charge in [-0.05, 0) is 48.7 Å². The van der Waals surface area contributed by atoms with Crippen molar-refractivity contribution in [2.24, 2.45) is 0 Å². The van der Waals surface area contributed by atoms with E-state index >= 15 is 0 Å². The van der Waals surface area contributed by atoms with Crippen LogP contribution in [0.2, 0.25) is 5.02 Å². The van der Waals surface area contributed by atoms with Gasteiger partial charge in [0.1, 0.15) is 0 Å². The SMILES string of the molecule is CCCC(Nc1ccc(C)c(Br)c1)c1ccc(Cl)cc1. The topological polar surface area (TPSA) is 12.0 Å². The van der Waals surface area contributed by atoms with Gasteiger partial charge in [-0.2, -0.15) is 0 Å². The number of benzene rings is 2. The third-order valence-corrected chi connectivity index (χ3v) is 4.47. The largest absolute Gasteiger partial charge is 0.378 e. The maximum Gasteiger partial charge on any atom is 0.0513 e. The first kappa shape index (κ1) is 15.4. The summed E-state index contributed by atoms with van der Waals surface area (Å²) >= 11 is 9.55. The summed E-state index contributed by atoms with van der Waals surface area (Å²) in [6.07, 6.45) is 2.22. The Labute approximate surface area is 134 Å². The quantitative estimate of drug-likeness (QED) is 0.659. The van der Waals surface area contributed by atoms with Crippen LogP contribution in [0.5, 0.6) is 0 Å².